The van der Waals surface area contributed by atoms with Gasteiger partial charge in [0, 0.05) is 0 Å². The van der Waals surface area contributed by atoms with E-state index in [0.717, 1.165) is 10.6 Å². The lowest BCUT2D eigenvalue weighted by Crippen LogP contribution is -2.30. The van der Waals surface area contributed by atoms with Crippen molar-refractivity contribution in [3.8, 4) is 0 Å². The van der Waals surface area contributed by atoms with Gasteiger partial charge in [0.05, 0.1) is 4.21 Å². The van der Waals surface area contributed by atoms with Gasteiger partial charge in [-0.05, 0) is 24.8 Å². The minimum absolute atomic E-state index is 0.681. The molecule has 1 atom stereocenters. The van der Waals surface area contributed by atoms with Crippen LogP contribution in [0.3, 0.4) is 0 Å². The SMILES string of the molecule is CCCC(C)(Sc1cccs1)C(=O)O. The second-order valence-corrected chi connectivity index (χ2v) is 6.07. The third-order valence-electron chi connectivity index (χ3n) is 2.00. The van der Waals surface area contributed by atoms with Crippen molar-refractivity contribution in [3.63, 3.8) is 0 Å². The van der Waals surface area contributed by atoms with E-state index in [9.17, 15) is 4.79 Å². The Balaban J connectivity index is 2.74. The normalized spacial score (nSPS) is 15.0. The van der Waals surface area contributed by atoms with E-state index in [2.05, 4.69) is 0 Å². The van der Waals surface area contributed by atoms with E-state index in [-0.39, 0.29) is 0 Å². The highest BCUT2D eigenvalue weighted by atomic mass is 32.2. The molecule has 14 heavy (non-hydrogen) atoms. The summed E-state index contributed by atoms with van der Waals surface area (Å²) in [6.07, 6.45) is 1.59. The van der Waals surface area contributed by atoms with Crippen LogP contribution in [-0.4, -0.2) is 15.8 Å². The minimum Gasteiger partial charge on any atom is -0.480 e. The number of carboxylic acid groups (broad SMARTS) is 1. The lowest BCUT2D eigenvalue weighted by atomic mass is 10.1. The molecule has 0 bridgehead atoms. The number of rotatable bonds is 5. The van der Waals surface area contributed by atoms with E-state index >= 15 is 0 Å². The Morgan fingerprint density at radius 1 is 1.71 bits per heavy atom. The zero-order chi connectivity index (χ0) is 10.6. The van der Waals surface area contributed by atoms with Crippen molar-refractivity contribution in [1.82, 2.24) is 0 Å². The molecule has 2 nitrogen and oxygen atoms in total. The van der Waals surface area contributed by atoms with E-state index in [1.165, 1.54) is 11.8 Å². The first-order chi connectivity index (χ1) is 6.58. The molecule has 0 saturated carbocycles. The summed E-state index contributed by atoms with van der Waals surface area (Å²) in [6.45, 7) is 3.80. The third-order valence-corrected chi connectivity index (χ3v) is 4.37. The molecule has 0 saturated heterocycles. The largest absolute Gasteiger partial charge is 0.480 e. The summed E-state index contributed by atoms with van der Waals surface area (Å²) in [6, 6.07) is 3.91. The molecule has 0 aliphatic rings. The first-order valence-corrected chi connectivity index (χ1v) is 6.24. The molecule has 0 aliphatic heterocycles. The van der Waals surface area contributed by atoms with Gasteiger partial charge in [-0.15, -0.1) is 11.3 Å². The van der Waals surface area contributed by atoms with Gasteiger partial charge in [-0.25, -0.2) is 0 Å². The maximum atomic E-state index is 11.1. The highest BCUT2D eigenvalue weighted by Crippen LogP contribution is 2.38. The molecule has 1 rings (SSSR count). The zero-order valence-electron chi connectivity index (χ0n) is 8.32. The van der Waals surface area contributed by atoms with E-state index in [1.807, 2.05) is 24.4 Å². The van der Waals surface area contributed by atoms with Crippen molar-refractivity contribution in [2.24, 2.45) is 0 Å². The Morgan fingerprint density at radius 2 is 2.43 bits per heavy atom. The molecule has 0 spiro atoms. The molecule has 1 heterocycles. The summed E-state index contributed by atoms with van der Waals surface area (Å²) >= 11 is 3.04. The standard InChI is InChI=1S/C10H14O2S2/c1-3-6-10(2,9(11)12)14-8-5-4-7-13-8/h4-5,7H,3,6H2,1-2H3,(H,11,12). The van der Waals surface area contributed by atoms with Gasteiger partial charge in [-0.1, -0.05) is 31.2 Å². The van der Waals surface area contributed by atoms with Gasteiger partial charge in [0.25, 0.3) is 0 Å². The number of thiophene rings is 1. The third kappa shape index (κ3) is 2.75. The topological polar surface area (TPSA) is 37.3 Å². The van der Waals surface area contributed by atoms with Crippen LogP contribution in [0.25, 0.3) is 0 Å². The molecule has 1 aromatic heterocycles. The molecule has 1 aromatic rings. The fourth-order valence-electron chi connectivity index (χ4n) is 1.22. The maximum absolute atomic E-state index is 11.1. The Kier molecular flexibility index (Phi) is 4.01. The van der Waals surface area contributed by atoms with E-state index < -0.39 is 10.7 Å². The fourth-order valence-corrected chi connectivity index (χ4v) is 3.57. The number of hydrogen-bond donors (Lipinski definition) is 1. The zero-order valence-corrected chi connectivity index (χ0v) is 9.95. The summed E-state index contributed by atoms with van der Waals surface area (Å²) in [4.78, 5) is 11.1. The molecule has 0 aromatic carbocycles. The summed E-state index contributed by atoms with van der Waals surface area (Å²) in [7, 11) is 0. The van der Waals surface area contributed by atoms with Gasteiger partial charge in [0.15, 0.2) is 0 Å². The molecular weight excluding hydrogens is 216 g/mol. The van der Waals surface area contributed by atoms with Crippen LogP contribution in [0.4, 0.5) is 0 Å². The van der Waals surface area contributed by atoms with Gasteiger partial charge < -0.3 is 5.11 Å². The van der Waals surface area contributed by atoms with Crippen LogP contribution in [-0.2, 0) is 4.79 Å². The van der Waals surface area contributed by atoms with Crippen LogP contribution < -0.4 is 0 Å². The van der Waals surface area contributed by atoms with Crippen molar-refractivity contribution < 1.29 is 9.90 Å². The average molecular weight is 230 g/mol. The number of aliphatic carboxylic acids is 1. The number of carbonyl (C=O) groups is 1. The molecule has 0 aliphatic carbocycles. The first-order valence-electron chi connectivity index (χ1n) is 4.54. The maximum Gasteiger partial charge on any atom is 0.319 e. The van der Waals surface area contributed by atoms with Gasteiger partial charge >= 0.3 is 5.97 Å². The van der Waals surface area contributed by atoms with Crippen LogP contribution in [0.1, 0.15) is 26.7 Å². The lowest BCUT2D eigenvalue weighted by molar-refractivity contribution is -0.139. The Hall–Kier alpha value is -0.480. The van der Waals surface area contributed by atoms with Crippen molar-refractivity contribution in [2.75, 3.05) is 0 Å². The van der Waals surface area contributed by atoms with Gasteiger partial charge in [-0.2, -0.15) is 0 Å². The molecule has 1 N–H and O–H groups in total. The summed E-state index contributed by atoms with van der Waals surface area (Å²) in [5.74, 6) is -0.724. The van der Waals surface area contributed by atoms with Crippen LogP contribution in [0.15, 0.2) is 21.7 Å². The first kappa shape index (κ1) is 11.6. The lowest BCUT2D eigenvalue weighted by Gasteiger charge is -2.22. The van der Waals surface area contributed by atoms with Crippen LogP contribution >= 0.6 is 23.1 Å². The predicted molar refractivity (Wildman–Crippen MR) is 61.1 cm³/mol. The van der Waals surface area contributed by atoms with Crippen LogP contribution in [0.2, 0.25) is 0 Å². The van der Waals surface area contributed by atoms with Gasteiger partial charge in [0.2, 0.25) is 0 Å². The van der Waals surface area contributed by atoms with E-state index in [1.54, 1.807) is 18.3 Å². The summed E-state index contributed by atoms with van der Waals surface area (Å²) in [5.41, 5.74) is 0. The molecule has 1 unspecified atom stereocenters. The highest BCUT2D eigenvalue weighted by Gasteiger charge is 2.33. The van der Waals surface area contributed by atoms with Crippen LogP contribution in [0, 0.1) is 0 Å². The van der Waals surface area contributed by atoms with Crippen molar-refractivity contribution in [2.45, 2.75) is 35.6 Å². The van der Waals surface area contributed by atoms with Crippen molar-refractivity contribution in [3.05, 3.63) is 17.5 Å². The second kappa shape index (κ2) is 4.84. The van der Waals surface area contributed by atoms with Crippen LogP contribution in [0.5, 0.6) is 0 Å². The number of carboxylic acids is 1. The van der Waals surface area contributed by atoms with Gasteiger partial charge in [0.1, 0.15) is 4.75 Å². The molecule has 0 amide bonds. The molecule has 78 valence electrons. The smallest absolute Gasteiger partial charge is 0.319 e. The molecule has 4 heteroatoms. The fraction of sp³-hybridized carbons (Fsp3) is 0.500. The second-order valence-electron chi connectivity index (χ2n) is 3.32. The predicted octanol–water partition coefficient (Wildman–Crippen LogP) is 3.48. The van der Waals surface area contributed by atoms with E-state index in [0.29, 0.717) is 6.42 Å². The van der Waals surface area contributed by atoms with Crippen molar-refractivity contribution >= 4 is 29.1 Å². The van der Waals surface area contributed by atoms with Crippen molar-refractivity contribution in [1.29, 1.82) is 0 Å². The number of hydrogen-bond acceptors (Lipinski definition) is 3. The van der Waals surface area contributed by atoms with E-state index in [4.69, 9.17) is 5.11 Å². The minimum atomic E-state index is -0.724. The monoisotopic (exact) mass is 230 g/mol. The van der Waals surface area contributed by atoms with Gasteiger partial charge in [-0.3, -0.25) is 4.79 Å². The Labute approximate surface area is 92.3 Å². The Bertz CT molecular complexity index is 295. The molecular formula is C10H14O2S2. The Morgan fingerprint density at radius 3 is 2.86 bits per heavy atom. The molecule has 0 fully saturated rings. The summed E-state index contributed by atoms with van der Waals surface area (Å²) < 4.78 is 0.392. The average Bonchev–Trinajstić information content (AvgIpc) is 2.56. The number of thioether (sulfide) groups is 1. The quantitative estimate of drug-likeness (QED) is 0.787. The highest BCUT2D eigenvalue weighted by molar-refractivity contribution is 8.03. The molecule has 0 radical (unpaired) electrons. The summed E-state index contributed by atoms with van der Waals surface area (Å²) in [5, 5.41) is 11.1.